The molecule has 1 heterocycles. The van der Waals surface area contributed by atoms with Crippen molar-refractivity contribution in [2.45, 2.75) is 18.1 Å². The Bertz CT molecular complexity index is 720. The van der Waals surface area contributed by atoms with E-state index in [9.17, 15) is 9.59 Å². The molecule has 0 aromatic heterocycles. The zero-order valence-corrected chi connectivity index (χ0v) is 10.7. The van der Waals surface area contributed by atoms with Crippen LogP contribution in [0.3, 0.4) is 0 Å². The molecule has 1 aliphatic heterocycles. The number of benzene rings is 2. The Labute approximate surface area is 116 Å². The Hall–Kier alpha value is -2.26. The van der Waals surface area contributed by atoms with Gasteiger partial charge < -0.3 is 4.74 Å². The summed E-state index contributed by atoms with van der Waals surface area (Å²) in [5.74, 6) is -0.141. The lowest BCUT2D eigenvalue weighted by atomic mass is 9.79. The van der Waals surface area contributed by atoms with Gasteiger partial charge in [0.25, 0.3) is 0 Å². The van der Waals surface area contributed by atoms with Gasteiger partial charge in [0.15, 0.2) is 23.3 Å². The van der Waals surface area contributed by atoms with Gasteiger partial charge in [-0.2, -0.15) is 0 Å². The molecular formula is C17H12O3. The first-order chi connectivity index (χ1) is 9.72. The summed E-state index contributed by atoms with van der Waals surface area (Å²) < 4.78 is 5.58. The van der Waals surface area contributed by atoms with E-state index in [1.807, 2.05) is 30.3 Å². The van der Waals surface area contributed by atoms with E-state index in [4.69, 9.17) is 4.74 Å². The van der Waals surface area contributed by atoms with Gasteiger partial charge in [0.05, 0.1) is 0 Å². The van der Waals surface area contributed by atoms with E-state index in [1.54, 1.807) is 24.3 Å². The zero-order chi connectivity index (χ0) is 13.7. The summed E-state index contributed by atoms with van der Waals surface area (Å²) in [4.78, 5) is 25.0. The smallest absolute Gasteiger partial charge is 0.198 e. The summed E-state index contributed by atoms with van der Waals surface area (Å²) in [7, 11) is 0. The third-order valence-corrected chi connectivity index (χ3v) is 4.06. The quantitative estimate of drug-likeness (QED) is 0.783. The van der Waals surface area contributed by atoms with E-state index in [2.05, 4.69) is 0 Å². The van der Waals surface area contributed by atoms with Crippen molar-refractivity contribution in [2.24, 2.45) is 0 Å². The minimum absolute atomic E-state index is 0.0680. The van der Waals surface area contributed by atoms with Gasteiger partial charge in [-0.15, -0.1) is 0 Å². The molecule has 2 aromatic rings. The summed E-state index contributed by atoms with van der Waals surface area (Å²) in [5.41, 5.74) is 1.02. The minimum Gasteiger partial charge on any atom is -0.348 e. The second-order valence-corrected chi connectivity index (χ2v) is 5.29. The summed E-state index contributed by atoms with van der Waals surface area (Å²) in [6.07, 6.45) is -0.151. The molecular weight excluding hydrogens is 252 g/mol. The SMILES string of the molecule is O=C1c2ccccc2C(=O)C2(Cc3ccccc3)OC12. The van der Waals surface area contributed by atoms with Crippen LogP contribution in [0.1, 0.15) is 26.3 Å². The highest BCUT2D eigenvalue weighted by Gasteiger charge is 2.68. The third-order valence-electron chi connectivity index (χ3n) is 4.06. The van der Waals surface area contributed by atoms with Gasteiger partial charge in [-0.05, 0) is 5.56 Å². The average molecular weight is 264 g/mol. The molecule has 0 saturated carbocycles. The molecule has 3 nitrogen and oxygen atoms in total. The molecule has 0 amide bonds. The number of rotatable bonds is 2. The van der Waals surface area contributed by atoms with E-state index in [-0.39, 0.29) is 11.6 Å². The molecule has 0 spiro atoms. The topological polar surface area (TPSA) is 46.7 Å². The predicted molar refractivity (Wildman–Crippen MR) is 72.9 cm³/mol. The van der Waals surface area contributed by atoms with Gasteiger partial charge in [-0.25, -0.2) is 0 Å². The second kappa shape index (κ2) is 3.87. The largest absolute Gasteiger partial charge is 0.348 e. The highest BCUT2D eigenvalue weighted by molar-refractivity contribution is 6.22. The van der Waals surface area contributed by atoms with Crippen LogP contribution in [0, 0.1) is 0 Å². The van der Waals surface area contributed by atoms with Crippen LogP contribution in [0.5, 0.6) is 0 Å². The normalized spacial score (nSPS) is 26.9. The Morgan fingerprint density at radius 2 is 1.55 bits per heavy atom. The fourth-order valence-corrected chi connectivity index (χ4v) is 2.99. The van der Waals surface area contributed by atoms with E-state index in [0.29, 0.717) is 17.5 Å². The van der Waals surface area contributed by atoms with Crippen LogP contribution in [0.15, 0.2) is 54.6 Å². The maximum atomic E-state index is 12.7. The van der Waals surface area contributed by atoms with Crippen molar-refractivity contribution in [3.05, 3.63) is 71.3 Å². The molecule has 0 bridgehead atoms. The molecule has 1 saturated heterocycles. The zero-order valence-electron chi connectivity index (χ0n) is 10.7. The molecule has 1 fully saturated rings. The monoisotopic (exact) mass is 264 g/mol. The lowest BCUT2D eigenvalue weighted by Gasteiger charge is -2.18. The third kappa shape index (κ3) is 1.44. The molecule has 20 heavy (non-hydrogen) atoms. The summed E-state index contributed by atoms with van der Waals surface area (Å²) >= 11 is 0. The van der Waals surface area contributed by atoms with Crippen molar-refractivity contribution >= 4 is 11.6 Å². The van der Waals surface area contributed by atoms with Crippen LogP contribution in [0.2, 0.25) is 0 Å². The fourth-order valence-electron chi connectivity index (χ4n) is 2.99. The van der Waals surface area contributed by atoms with Gasteiger partial charge in [-0.3, -0.25) is 9.59 Å². The maximum Gasteiger partial charge on any atom is 0.198 e. The molecule has 0 radical (unpaired) electrons. The average Bonchev–Trinajstić information content (AvgIpc) is 3.22. The first-order valence-electron chi connectivity index (χ1n) is 6.62. The predicted octanol–water partition coefficient (Wildman–Crippen LogP) is 2.45. The minimum atomic E-state index is -0.965. The number of fused-ring (bicyclic) bond motifs is 2. The number of carbonyl (C=O) groups is 2. The second-order valence-electron chi connectivity index (χ2n) is 5.29. The summed E-state index contributed by atoms with van der Waals surface area (Å²) in [6.45, 7) is 0. The first kappa shape index (κ1) is 11.6. The molecule has 2 unspecified atom stereocenters. The Morgan fingerprint density at radius 3 is 2.30 bits per heavy atom. The molecule has 2 aliphatic rings. The highest BCUT2D eigenvalue weighted by atomic mass is 16.6. The Kier molecular flexibility index (Phi) is 2.24. The number of epoxide rings is 1. The molecule has 1 aliphatic carbocycles. The lowest BCUT2D eigenvalue weighted by molar-refractivity contribution is 0.0860. The Morgan fingerprint density at radius 1 is 0.900 bits per heavy atom. The van der Waals surface area contributed by atoms with Crippen molar-refractivity contribution in [1.29, 1.82) is 0 Å². The Balaban J connectivity index is 1.76. The van der Waals surface area contributed by atoms with Gasteiger partial charge in [0.1, 0.15) is 0 Å². The molecule has 3 heteroatoms. The highest BCUT2D eigenvalue weighted by Crippen LogP contribution is 2.48. The van der Waals surface area contributed by atoms with Crippen LogP contribution in [0.25, 0.3) is 0 Å². The molecule has 0 N–H and O–H groups in total. The molecule has 2 aromatic carbocycles. The summed E-state index contributed by atoms with van der Waals surface area (Å²) in [6, 6.07) is 16.6. The van der Waals surface area contributed by atoms with Crippen LogP contribution < -0.4 is 0 Å². The van der Waals surface area contributed by atoms with Crippen LogP contribution in [-0.4, -0.2) is 23.3 Å². The van der Waals surface area contributed by atoms with Crippen molar-refractivity contribution < 1.29 is 14.3 Å². The van der Waals surface area contributed by atoms with E-state index >= 15 is 0 Å². The molecule has 4 rings (SSSR count). The number of hydrogen-bond donors (Lipinski definition) is 0. The van der Waals surface area contributed by atoms with E-state index in [0.717, 1.165) is 5.56 Å². The van der Waals surface area contributed by atoms with Crippen LogP contribution in [-0.2, 0) is 11.2 Å². The van der Waals surface area contributed by atoms with Gasteiger partial charge in [-0.1, -0.05) is 54.6 Å². The van der Waals surface area contributed by atoms with Gasteiger partial charge >= 0.3 is 0 Å². The van der Waals surface area contributed by atoms with Crippen LogP contribution in [0.4, 0.5) is 0 Å². The fraction of sp³-hybridized carbons (Fsp3) is 0.176. The van der Waals surface area contributed by atoms with Crippen LogP contribution >= 0.6 is 0 Å². The molecule has 98 valence electrons. The van der Waals surface area contributed by atoms with E-state index in [1.165, 1.54) is 0 Å². The summed E-state index contributed by atoms with van der Waals surface area (Å²) in [5, 5.41) is 0. The van der Waals surface area contributed by atoms with Crippen molar-refractivity contribution in [3.8, 4) is 0 Å². The molecule has 2 atom stereocenters. The van der Waals surface area contributed by atoms with Crippen molar-refractivity contribution in [2.75, 3.05) is 0 Å². The maximum absolute atomic E-state index is 12.7. The number of Topliss-reactive ketones (excluding diaryl/α,β-unsaturated/α-hetero) is 2. The number of carbonyl (C=O) groups excluding carboxylic acids is 2. The number of ether oxygens (including phenoxy) is 1. The van der Waals surface area contributed by atoms with E-state index < -0.39 is 11.7 Å². The van der Waals surface area contributed by atoms with Gasteiger partial charge in [0, 0.05) is 17.5 Å². The first-order valence-corrected chi connectivity index (χ1v) is 6.62. The standard InChI is InChI=1S/C17H12O3/c18-14-12-8-4-5-9-13(12)15(19)17(16(14)20-17)10-11-6-2-1-3-7-11/h1-9,16H,10H2. The van der Waals surface area contributed by atoms with Crippen molar-refractivity contribution in [1.82, 2.24) is 0 Å². The number of ketones is 2. The lowest BCUT2D eigenvalue weighted by Crippen LogP contribution is -2.38. The van der Waals surface area contributed by atoms with Gasteiger partial charge in [0.2, 0.25) is 0 Å². The van der Waals surface area contributed by atoms with Crippen molar-refractivity contribution in [3.63, 3.8) is 0 Å². The number of hydrogen-bond acceptors (Lipinski definition) is 3.